The van der Waals surface area contributed by atoms with Gasteiger partial charge in [0.1, 0.15) is 0 Å². The Kier molecular flexibility index (Phi) is 2190. The van der Waals surface area contributed by atoms with Crippen LogP contribution >= 0.6 is 0 Å². The van der Waals surface area contributed by atoms with E-state index in [1.807, 2.05) is 0 Å². The van der Waals surface area contributed by atoms with Gasteiger partial charge in [0.25, 0.3) is 0 Å². The van der Waals surface area contributed by atoms with E-state index in [1.54, 1.807) is 0 Å². The molecule has 0 aromatic rings. The monoisotopic (exact) mass is 450 g/mol. The van der Waals surface area contributed by atoms with Crippen LogP contribution in [0.1, 0.15) is 0 Å². The minimum atomic E-state index is 0. The van der Waals surface area contributed by atoms with Crippen LogP contribution < -0.4 is 0 Å². The van der Waals surface area contributed by atoms with Crippen LogP contribution in [0.5, 0.6) is 0 Å². The Hall–Kier alpha value is 1.46. The van der Waals surface area contributed by atoms with E-state index >= 15 is 0 Å². The largest absolute Gasteiger partial charge is 2.00 e. The van der Waals surface area contributed by atoms with Crippen molar-refractivity contribution in [2.75, 3.05) is 0 Å². The Morgan fingerprint density at radius 1 is 0.500 bits per heavy atom. The fourth-order valence-corrected chi connectivity index (χ4v) is 0. The molecule has 0 atom stereocenters. The van der Waals surface area contributed by atoms with Crippen LogP contribution in [-0.4, -0.2) is 0 Å². The van der Waals surface area contributed by atoms with Crippen molar-refractivity contribution in [3.05, 3.63) is 0 Å². The van der Waals surface area contributed by atoms with E-state index in [2.05, 4.69) is 0 Å². The van der Waals surface area contributed by atoms with Gasteiger partial charge in [-0.25, -0.2) is 0 Å². The van der Waals surface area contributed by atoms with Crippen LogP contribution in [0.4, 0.5) is 0 Å². The molecule has 4 nitrogen and oxygen atoms in total. The summed E-state index contributed by atoms with van der Waals surface area (Å²) in [6.45, 7) is 0. The molecule has 0 N–H and O–H groups in total. The van der Waals surface area contributed by atoms with Gasteiger partial charge in [0, 0.05) is 21.1 Å². The van der Waals surface area contributed by atoms with Gasteiger partial charge in [0.05, 0.1) is 0 Å². The summed E-state index contributed by atoms with van der Waals surface area (Å²) in [5.41, 5.74) is 0. The molecule has 0 aromatic carbocycles. The summed E-state index contributed by atoms with van der Waals surface area (Å²) in [5.74, 6) is 0. The van der Waals surface area contributed by atoms with Crippen molar-refractivity contribution in [1.82, 2.24) is 0 Å². The summed E-state index contributed by atoms with van der Waals surface area (Å²) in [7, 11) is 0. The maximum absolute atomic E-state index is 0. The second-order valence-electron chi connectivity index (χ2n) is 0. The normalized spacial score (nSPS) is 0. The standard InChI is InChI=1S/Hg.4O.W/q+2;4*-2;. The van der Waals surface area contributed by atoms with Crippen molar-refractivity contribution >= 4 is 0 Å². The molecule has 0 aliphatic carbocycles. The van der Waals surface area contributed by atoms with Crippen LogP contribution in [0, 0.1) is 0 Å². The third-order valence-electron chi connectivity index (χ3n) is 0. The van der Waals surface area contributed by atoms with Crippen LogP contribution in [0.15, 0.2) is 0 Å². The second kappa shape index (κ2) is 90.1. The number of hydrogen-bond donors (Lipinski definition) is 0. The summed E-state index contributed by atoms with van der Waals surface area (Å²) in [4.78, 5) is 0. The van der Waals surface area contributed by atoms with Gasteiger partial charge in [0.2, 0.25) is 0 Å². The molecule has 0 fully saturated rings. The Bertz CT molecular complexity index is 7.51. The Labute approximate surface area is 70.3 Å². The zero-order valence-corrected chi connectivity index (χ0v) is 11.2. The minimum absolute atomic E-state index is 0. The van der Waals surface area contributed by atoms with Gasteiger partial charge in [0.15, 0.2) is 0 Å². The van der Waals surface area contributed by atoms with Gasteiger partial charge in [-0.05, 0) is 0 Å². The zero-order chi connectivity index (χ0) is 0. The van der Waals surface area contributed by atoms with Crippen molar-refractivity contribution in [2.24, 2.45) is 0 Å². The molecule has 0 spiro atoms. The molecule has 0 aliphatic heterocycles. The molecule has 0 saturated heterocycles. The van der Waals surface area contributed by atoms with E-state index in [-0.39, 0.29) is 70.6 Å². The Morgan fingerprint density at radius 3 is 0.500 bits per heavy atom. The van der Waals surface area contributed by atoms with Gasteiger partial charge in [-0.15, -0.1) is 0 Å². The molecule has 0 aliphatic rings. The van der Waals surface area contributed by atoms with E-state index in [1.165, 1.54) is 0 Å². The second-order valence-corrected chi connectivity index (χ2v) is 0. The SMILES string of the molecule is [Hg+2].[O-2].[O-2].[O-2].[O-2].[W]. The number of rotatable bonds is 0. The average Bonchev–Trinajstić information content (AvgIpc) is 0. The molecular weight excluding hydrogens is 448 g/mol. The molecular formula is HgO4W-6. The van der Waals surface area contributed by atoms with E-state index in [0.29, 0.717) is 0 Å². The predicted molar refractivity (Wildman–Crippen MR) is 2.75 cm³/mol. The summed E-state index contributed by atoms with van der Waals surface area (Å²) >= 11 is 0. The zero-order valence-electron chi connectivity index (χ0n) is 2.75. The van der Waals surface area contributed by atoms with E-state index < -0.39 is 0 Å². The maximum atomic E-state index is 0. The van der Waals surface area contributed by atoms with Gasteiger partial charge in [-0.3, -0.25) is 0 Å². The summed E-state index contributed by atoms with van der Waals surface area (Å²) in [5, 5.41) is 0. The quantitative estimate of drug-likeness (QED) is 0.446. The fourth-order valence-electron chi connectivity index (χ4n) is 0. The van der Waals surface area contributed by atoms with Crippen molar-refractivity contribution < 1.29 is 70.6 Å². The maximum Gasteiger partial charge on any atom is 2.00 e. The first kappa shape index (κ1) is 146. The smallest absolute Gasteiger partial charge is 2.00 e. The molecule has 0 saturated carbocycles. The molecule has 0 heterocycles. The van der Waals surface area contributed by atoms with Crippen LogP contribution in [0.3, 0.4) is 0 Å². The van der Waals surface area contributed by atoms with Gasteiger partial charge < -0.3 is 21.9 Å². The topological polar surface area (TPSA) is 114 Å². The van der Waals surface area contributed by atoms with Crippen molar-refractivity contribution in [3.63, 3.8) is 0 Å². The molecule has 0 rings (SSSR count). The first-order valence-corrected chi connectivity index (χ1v) is 0. The molecule has 0 aromatic heterocycles. The van der Waals surface area contributed by atoms with E-state index in [4.69, 9.17) is 0 Å². The van der Waals surface area contributed by atoms with Crippen molar-refractivity contribution in [1.29, 1.82) is 0 Å². The van der Waals surface area contributed by atoms with E-state index in [0.717, 1.165) is 0 Å². The molecule has 6 heteroatoms. The van der Waals surface area contributed by atoms with Gasteiger partial charge >= 0.3 is 27.7 Å². The van der Waals surface area contributed by atoms with E-state index in [9.17, 15) is 0 Å². The van der Waals surface area contributed by atoms with Crippen LogP contribution in [0.2, 0.25) is 0 Å². The summed E-state index contributed by atoms with van der Waals surface area (Å²) in [6.07, 6.45) is 0. The van der Waals surface area contributed by atoms with Crippen molar-refractivity contribution in [2.45, 2.75) is 0 Å². The Balaban J connectivity index is 0. The predicted octanol–water partition coefficient (Wildman–Crippen LogP) is -0.480. The molecule has 6 heavy (non-hydrogen) atoms. The molecule has 38 valence electrons. The van der Waals surface area contributed by atoms with Gasteiger partial charge in [-0.1, -0.05) is 0 Å². The first-order chi connectivity index (χ1) is 0. The summed E-state index contributed by atoms with van der Waals surface area (Å²) in [6, 6.07) is 0. The number of hydrogen-bond acceptors (Lipinski definition) is 0. The molecule has 0 amide bonds. The Morgan fingerprint density at radius 2 is 0.500 bits per heavy atom. The third kappa shape index (κ3) is 50.8. The van der Waals surface area contributed by atoms with Crippen molar-refractivity contribution in [3.8, 4) is 0 Å². The molecule has 0 unspecified atom stereocenters. The van der Waals surface area contributed by atoms with Gasteiger partial charge in [-0.2, -0.15) is 0 Å². The van der Waals surface area contributed by atoms with Crippen LogP contribution in [-0.2, 0) is 70.6 Å². The molecule has 0 radical (unpaired) electrons. The summed E-state index contributed by atoms with van der Waals surface area (Å²) < 4.78 is 0. The third-order valence-corrected chi connectivity index (χ3v) is 0. The first-order valence-electron chi connectivity index (χ1n) is 0. The minimum Gasteiger partial charge on any atom is -2.00 e. The molecule has 0 bridgehead atoms. The van der Waals surface area contributed by atoms with Crippen LogP contribution in [0.25, 0.3) is 0 Å². The fraction of sp³-hybridized carbons (Fsp3) is 0. The average molecular weight is 448 g/mol.